The van der Waals surface area contributed by atoms with E-state index in [-0.39, 0.29) is 46.6 Å². The number of halogens is 4. The first-order chi connectivity index (χ1) is 18.1. The predicted octanol–water partition coefficient (Wildman–Crippen LogP) is 3.57. The van der Waals surface area contributed by atoms with E-state index in [1.165, 1.54) is 29.3 Å². The van der Waals surface area contributed by atoms with Gasteiger partial charge in [0.25, 0.3) is 0 Å². The highest BCUT2D eigenvalue weighted by atomic mass is 35.5. The van der Waals surface area contributed by atoms with Gasteiger partial charge in [0, 0.05) is 24.8 Å². The van der Waals surface area contributed by atoms with Gasteiger partial charge in [0.1, 0.15) is 18.5 Å². The molecule has 0 spiro atoms. The molecular formula is C24H22ClF3N6O4. The van der Waals surface area contributed by atoms with Crippen molar-refractivity contribution in [2.24, 2.45) is 0 Å². The Morgan fingerprint density at radius 1 is 1.26 bits per heavy atom. The maximum Gasteiger partial charge on any atom is 0.416 e. The van der Waals surface area contributed by atoms with Gasteiger partial charge in [-0.15, -0.1) is 0 Å². The number of aliphatic hydroxyl groups is 2. The summed E-state index contributed by atoms with van der Waals surface area (Å²) in [4.78, 5) is 29.5. The number of hydrogen-bond donors (Lipinski definition) is 3. The number of alkyl halides is 3. The quantitative estimate of drug-likeness (QED) is 0.425. The molecule has 3 aromatic rings. The number of ether oxygens (including phenoxy) is 1. The fourth-order valence-corrected chi connectivity index (χ4v) is 4.66. The molecule has 2 aliphatic heterocycles. The van der Waals surface area contributed by atoms with Crippen LogP contribution >= 0.6 is 11.6 Å². The number of nitrogens with zero attached hydrogens (tertiary/aromatic N) is 5. The smallest absolute Gasteiger partial charge is 0.416 e. The van der Waals surface area contributed by atoms with Gasteiger partial charge >= 0.3 is 18.2 Å². The summed E-state index contributed by atoms with van der Waals surface area (Å²) < 4.78 is 45.2. The molecule has 2 atom stereocenters. The second-order valence-corrected chi connectivity index (χ2v) is 9.21. The molecule has 14 heteroatoms. The average Bonchev–Trinajstić information content (AvgIpc) is 3.31. The first-order valence-corrected chi connectivity index (χ1v) is 12.0. The van der Waals surface area contributed by atoms with Crippen LogP contribution in [0.5, 0.6) is 6.01 Å². The van der Waals surface area contributed by atoms with E-state index in [9.17, 15) is 23.1 Å². The van der Waals surface area contributed by atoms with Crippen molar-refractivity contribution in [3.8, 4) is 17.3 Å². The summed E-state index contributed by atoms with van der Waals surface area (Å²) in [5, 5.41) is 21.2. The van der Waals surface area contributed by atoms with Crippen LogP contribution in [0.15, 0.2) is 42.6 Å². The Balaban J connectivity index is 1.46. The molecule has 2 aliphatic rings. The van der Waals surface area contributed by atoms with Gasteiger partial charge in [-0.3, -0.25) is 10.2 Å². The van der Waals surface area contributed by atoms with Gasteiger partial charge in [-0.05, 0) is 30.7 Å². The Kier molecular flexibility index (Phi) is 6.99. The van der Waals surface area contributed by atoms with Crippen LogP contribution in [-0.4, -0.2) is 69.6 Å². The number of carbonyl (C=O) groups is 1. The standard InChI is InChI=1S/C24H22ClF3N6O4/c25-17-9-18-21(32-20(17)13-2-1-3-14(8-13)24(26,27)28)34(15-5-7-33(18)10-15)23(37)31-19-4-6-29-22(30-19)38-12-16(36)11-35/h1-4,6,8-9,15-16,35-36H,5,7,10-12H2,(H,29,30,31,37)/t15-,16?/m0/s1. The molecule has 0 saturated carbocycles. The van der Waals surface area contributed by atoms with Crippen molar-refractivity contribution in [2.45, 2.75) is 24.7 Å². The Bertz CT molecular complexity index is 1360. The number of urea groups is 1. The van der Waals surface area contributed by atoms with E-state index in [0.29, 0.717) is 25.2 Å². The van der Waals surface area contributed by atoms with Crippen molar-refractivity contribution in [3.05, 3.63) is 53.2 Å². The second kappa shape index (κ2) is 10.2. The average molecular weight is 551 g/mol. The van der Waals surface area contributed by atoms with Crippen LogP contribution in [0.1, 0.15) is 12.0 Å². The molecule has 1 saturated heterocycles. The molecule has 3 N–H and O–H groups in total. The maximum atomic E-state index is 13.5. The van der Waals surface area contributed by atoms with Gasteiger partial charge in [0.15, 0.2) is 5.82 Å². The van der Waals surface area contributed by atoms with E-state index in [2.05, 4.69) is 20.3 Å². The Hall–Kier alpha value is -3.68. The minimum Gasteiger partial charge on any atom is -0.461 e. The molecule has 2 aromatic heterocycles. The van der Waals surface area contributed by atoms with Crippen LogP contribution in [0.2, 0.25) is 5.02 Å². The molecule has 2 amide bonds. The van der Waals surface area contributed by atoms with E-state index >= 15 is 0 Å². The van der Waals surface area contributed by atoms with Crippen molar-refractivity contribution < 1.29 is 32.9 Å². The molecule has 10 nitrogen and oxygen atoms in total. The highest BCUT2D eigenvalue weighted by Crippen LogP contribution is 2.43. The van der Waals surface area contributed by atoms with Gasteiger partial charge in [0.05, 0.1) is 34.6 Å². The van der Waals surface area contributed by atoms with Crippen LogP contribution in [-0.2, 0) is 6.18 Å². The lowest BCUT2D eigenvalue weighted by Crippen LogP contribution is -2.48. The van der Waals surface area contributed by atoms with Gasteiger partial charge in [0.2, 0.25) is 0 Å². The van der Waals surface area contributed by atoms with Crippen molar-refractivity contribution in [1.82, 2.24) is 15.0 Å². The number of pyridine rings is 1. The van der Waals surface area contributed by atoms with Crippen molar-refractivity contribution in [2.75, 3.05) is 41.4 Å². The van der Waals surface area contributed by atoms with Crippen LogP contribution in [0, 0.1) is 0 Å². The van der Waals surface area contributed by atoms with Gasteiger partial charge in [-0.1, -0.05) is 23.7 Å². The molecule has 38 heavy (non-hydrogen) atoms. The lowest BCUT2D eigenvalue weighted by Gasteiger charge is -2.36. The zero-order chi connectivity index (χ0) is 27.0. The first-order valence-electron chi connectivity index (χ1n) is 11.6. The number of nitrogens with one attached hydrogen (secondary N) is 1. The highest BCUT2D eigenvalue weighted by Gasteiger charge is 2.41. The third kappa shape index (κ3) is 5.17. The first kappa shape index (κ1) is 25.9. The lowest BCUT2D eigenvalue weighted by atomic mass is 10.1. The Labute approximate surface area is 219 Å². The number of amides is 2. The predicted molar refractivity (Wildman–Crippen MR) is 132 cm³/mol. The lowest BCUT2D eigenvalue weighted by molar-refractivity contribution is -0.137. The normalized spacial score (nSPS) is 17.3. The number of fused-ring (bicyclic) bond motifs is 4. The number of anilines is 3. The molecule has 0 radical (unpaired) electrons. The number of hydrogen-bond acceptors (Lipinski definition) is 8. The molecule has 4 heterocycles. The highest BCUT2D eigenvalue weighted by molar-refractivity contribution is 6.33. The second-order valence-electron chi connectivity index (χ2n) is 8.80. The molecule has 1 fully saturated rings. The number of rotatable bonds is 6. The van der Waals surface area contributed by atoms with E-state index in [1.54, 1.807) is 6.07 Å². The summed E-state index contributed by atoms with van der Waals surface area (Å²) in [6, 6.07) is 6.86. The van der Waals surface area contributed by atoms with E-state index < -0.39 is 30.5 Å². The molecule has 200 valence electrons. The van der Waals surface area contributed by atoms with Crippen molar-refractivity contribution >= 4 is 35.0 Å². The Morgan fingerprint density at radius 3 is 2.84 bits per heavy atom. The summed E-state index contributed by atoms with van der Waals surface area (Å²) in [6.07, 6.45) is -3.65. The minimum atomic E-state index is -4.54. The molecule has 1 unspecified atom stereocenters. The van der Waals surface area contributed by atoms with Gasteiger partial charge in [-0.2, -0.15) is 18.2 Å². The minimum absolute atomic E-state index is 0.113. The van der Waals surface area contributed by atoms with E-state index in [4.69, 9.17) is 21.4 Å². The third-order valence-electron chi connectivity index (χ3n) is 6.20. The third-order valence-corrected chi connectivity index (χ3v) is 6.49. The number of carbonyl (C=O) groups excluding carboxylic acids is 1. The zero-order valence-corrected chi connectivity index (χ0v) is 20.4. The van der Waals surface area contributed by atoms with Crippen LogP contribution in [0.25, 0.3) is 11.3 Å². The van der Waals surface area contributed by atoms with E-state index in [1.807, 2.05) is 4.90 Å². The molecule has 5 rings (SSSR count). The summed E-state index contributed by atoms with van der Waals surface area (Å²) >= 11 is 6.48. The van der Waals surface area contributed by atoms with Crippen LogP contribution in [0.4, 0.5) is 35.3 Å². The zero-order valence-electron chi connectivity index (χ0n) is 19.7. The van der Waals surface area contributed by atoms with Gasteiger partial charge < -0.3 is 19.8 Å². The van der Waals surface area contributed by atoms with Crippen LogP contribution in [0.3, 0.4) is 0 Å². The van der Waals surface area contributed by atoms with Crippen molar-refractivity contribution in [1.29, 1.82) is 0 Å². The monoisotopic (exact) mass is 550 g/mol. The van der Waals surface area contributed by atoms with E-state index in [0.717, 1.165) is 12.1 Å². The number of aromatic nitrogens is 3. The molecule has 2 bridgehead atoms. The summed E-state index contributed by atoms with van der Waals surface area (Å²) in [5.41, 5.74) is 0.0529. The summed E-state index contributed by atoms with van der Waals surface area (Å²) in [6.45, 7) is 0.455. The largest absolute Gasteiger partial charge is 0.461 e. The topological polar surface area (TPSA) is 124 Å². The number of aliphatic hydroxyl groups excluding tert-OH is 2. The molecular weight excluding hydrogens is 529 g/mol. The van der Waals surface area contributed by atoms with Gasteiger partial charge in [-0.25, -0.2) is 14.8 Å². The Morgan fingerprint density at radius 2 is 2.08 bits per heavy atom. The molecule has 1 aromatic carbocycles. The number of benzene rings is 1. The molecule has 0 aliphatic carbocycles. The van der Waals surface area contributed by atoms with Crippen LogP contribution < -0.4 is 19.9 Å². The summed E-state index contributed by atoms with van der Waals surface area (Å²) in [5.74, 6) is 0.386. The van der Waals surface area contributed by atoms with Crippen molar-refractivity contribution in [3.63, 3.8) is 0 Å². The SMILES string of the molecule is O=C(Nc1ccnc(OCC(O)CO)n1)N1c2nc(-c3cccc(C(F)(F)F)c3)c(Cl)cc2N2CC[C@H]1C2. The summed E-state index contributed by atoms with van der Waals surface area (Å²) in [7, 11) is 0. The maximum absolute atomic E-state index is 13.5. The fourth-order valence-electron chi connectivity index (χ4n) is 4.40. The fraction of sp³-hybridized carbons (Fsp3) is 0.333.